The maximum Gasteiger partial charge on any atom is 0.318 e. The molecule has 0 aromatic rings. The van der Waals surface area contributed by atoms with Crippen LogP contribution in [-0.2, 0) is 23.8 Å². The van der Waals surface area contributed by atoms with E-state index in [1.807, 2.05) is 0 Å². The minimum absolute atomic E-state index is 0.168. The van der Waals surface area contributed by atoms with E-state index in [0.717, 1.165) is 0 Å². The van der Waals surface area contributed by atoms with Gasteiger partial charge in [-0.25, -0.2) is 0 Å². The number of carbonyl (C=O) groups is 2. The smallest absolute Gasteiger partial charge is 0.318 e. The summed E-state index contributed by atoms with van der Waals surface area (Å²) in [7, 11) is 0. The molecule has 0 heterocycles. The Balaban J connectivity index is 5.03. The number of aliphatic hydroxyl groups excluding tert-OH is 4. The van der Waals surface area contributed by atoms with Gasteiger partial charge in [0.1, 0.15) is 13.2 Å². The first kappa shape index (κ1) is 25.4. The van der Waals surface area contributed by atoms with Crippen molar-refractivity contribution in [2.75, 3.05) is 58.6 Å². The van der Waals surface area contributed by atoms with Crippen molar-refractivity contribution in [3.63, 3.8) is 0 Å². The molecule has 0 aliphatic carbocycles. The molecule has 154 valence electrons. The van der Waals surface area contributed by atoms with E-state index in [9.17, 15) is 30.0 Å². The van der Waals surface area contributed by atoms with Crippen LogP contribution in [0.2, 0.25) is 0 Å². The Morgan fingerprint density at radius 1 is 0.885 bits per heavy atom. The topological polar surface area (TPSA) is 143 Å². The van der Waals surface area contributed by atoms with Crippen molar-refractivity contribution in [1.29, 1.82) is 0 Å². The van der Waals surface area contributed by atoms with Gasteiger partial charge in [0.05, 0.1) is 61.5 Å². The molecule has 0 aromatic carbocycles. The number of rotatable bonds is 14. The maximum atomic E-state index is 11.6. The van der Waals surface area contributed by atoms with Gasteiger partial charge in [-0.3, -0.25) is 9.59 Å². The van der Waals surface area contributed by atoms with Crippen LogP contribution in [0.4, 0.5) is 0 Å². The van der Waals surface area contributed by atoms with E-state index in [1.165, 1.54) is 6.92 Å². The number of hydrogen-bond acceptors (Lipinski definition) is 11. The first-order valence-corrected chi connectivity index (χ1v) is 9.01. The predicted molar refractivity (Wildman–Crippen MR) is 98.2 cm³/mol. The maximum absolute atomic E-state index is 11.6. The summed E-state index contributed by atoms with van der Waals surface area (Å²) in [4.78, 5) is 23.0. The SMILES string of the molecule is CC(S)C(=O)OCC(CO)(COCC(CO)(CO)CO)COC(=O)CS. The van der Waals surface area contributed by atoms with E-state index < -0.39 is 54.4 Å². The largest absolute Gasteiger partial charge is 0.464 e. The number of ether oxygens (including phenoxy) is 3. The summed E-state index contributed by atoms with van der Waals surface area (Å²) in [5, 5.41) is 37.0. The molecule has 9 nitrogen and oxygen atoms in total. The normalized spacial score (nSPS) is 15.2. The van der Waals surface area contributed by atoms with Crippen molar-refractivity contribution >= 4 is 37.2 Å². The Morgan fingerprint density at radius 3 is 1.77 bits per heavy atom. The number of hydrogen-bond donors (Lipinski definition) is 6. The quantitative estimate of drug-likeness (QED) is 0.144. The summed E-state index contributed by atoms with van der Waals surface area (Å²) in [6.45, 7) is -1.65. The average molecular weight is 417 g/mol. The summed E-state index contributed by atoms with van der Waals surface area (Å²) < 4.78 is 15.5. The van der Waals surface area contributed by atoms with Gasteiger partial charge in [-0.2, -0.15) is 25.3 Å². The van der Waals surface area contributed by atoms with Crippen molar-refractivity contribution < 1.29 is 44.2 Å². The van der Waals surface area contributed by atoms with Crippen LogP contribution in [-0.4, -0.2) is 96.2 Å². The average Bonchev–Trinajstić information content (AvgIpc) is 2.66. The lowest BCUT2D eigenvalue weighted by atomic mass is 9.90. The molecule has 2 atom stereocenters. The van der Waals surface area contributed by atoms with E-state index in [-0.39, 0.29) is 32.2 Å². The van der Waals surface area contributed by atoms with Gasteiger partial charge in [0, 0.05) is 0 Å². The molecular weight excluding hydrogens is 388 g/mol. The third kappa shape index (κ3) is 8.42. The molecular formula is C15H28O9S2. The molecule has 0 saturated carbocycles. The summed E-state index contributed by atoms with van der Waals surface area (Å²) in [5.74, 6) is -1.42. The Kier molecular flexibility index (Phi) is 12.5. The molecule has 4 N–H and O–H groups in total. The zero-order valence-electron chi connectivity index (χ0n) is 14.7. The molecule has 0 saturated heterocycles. The summed E-state index contributed by atoms with van der Waals surface area (Å²) >= 11 is 7.74. The lowest BCUT2D eigenvalue weighted by molar-refractivity contribution is -0.161. The van der Waals surface area contributed by atoms with Gasteiger partial charge in [-0.15, -0.1) is 0 Å². The van der Waals surface area contributed by atoms with Crippen LogP contribution >= 0.6 is 25.3 Å². The summed E-state index contributed by atoms with van der Waals surface area (Å²) in [6, 6.07) is 0. The Labute approximate surface area is 163 Å². The molecule has 0 spiro atoms. The fourth-order valence-electron chi connectivity index (χ4n) is 1.66. The second kappa shape index (κ2) is 12.8. The third-order valence-electron chi connectivity index (χ3n) is 3.69. The number of esters is 2. The van der Waals surface area contributed by atoms with E-state index in [1.54, 1.807) is 0 Å². The van der Waals surface area contributed by atoms with Gasteiger partial charge in [0.15, 0.2) is 0 Å². The van der Waals surface area contributed by atoms with Gasteiger partial charge in [0.2, 0.25) is 0 Å². The number of carbonyl (C=O) groups excluding carboxylic acids is 2. The van der Waals surface area contributed by atoms with E-state index in [0.29, 0.717) is 0 Å². The van der Waals surface area contributed by atoms with Crippen molar-refractivity contribution in [2.24, 2.45) is 10.8 Å². The monoisotopic (exact) mass is 416 g/mol. The predicted octanol–water partition coefficient (Wildman–Crippen LogP) is -1.72. The summed E-state index contributed by atoms with van der Waals surface area (Å²) in [5.41, 5.74) is -2.53. The van der Waals surface area contributed by atoms with Crippen LogP contribution in [0.25, 0.3) is 0 Å². The van der Waals surface area contributed by atoms with Crippen LogP contribution < -0.4 is 0 Å². The Morgan fingerprint density at radius 2 is 1.35 bits per heavy atom. The number of thiol groups is 2. The number of aliphatic hydroxyl groups is 4. The van der Waals surface area contributed by atoms with Gasteiger partial charge in [0.25, 0.3) is 0 Å². The van der Waals surface area contributed by atoms with E-state index in [2.05, 4.69) is 25.3 Å². The fraction of sp³-hybridized carbons (Fsp3) is 0.867. The second-order valence-electron chi connectivity index (χ2n) is 6.23. The van der Waals surface area contributed by atoms with Crippen molar-refractivity contribution in [1.82, 2.24) is 0 Å². The van der Waals surface area contributed by atoms with Gasteiger partial charge >= 0.3 is 11.9 Å². The van der Waals surface area contributed by atoms with Gasteiger partial charge in [-0.05, 0) is 6.92 Å². The zero-order valence-corrected chi connectivity index (χ0v) is 16.5. The zero-order chi connectivity index (χ0) is 20.2. The van der Waals surface area contributed by atoms with Crippen molar-refractivity contribution in [2.45, 2.75) is 12.2 Å². The lowest BCUT2D eigenvalue weighted by Crippen LogP contribution is -2.45. The molecule has 0 amide bonds. The molecule has 0 radical (unpaired) electrons. The Bertz CT molecular complexity index is 421. The van der Waals surface area contributed by atoms with E-state index in [4.69, 9.17) is 14.2 Å². The summed E-state index contributed by atoms with van der Waals surface area (Å²) in [6.07, 6.45) is 0. The Hall–Kier alpha value is -0.560. The molecule has 0 aliphatic rings. The van der Waals surface area contributed by atoms with Crippen molar-refractivity contribution in [3.05, 3.63) is 0 Å². The highest BCUT2D eigenvalue weighted by atomic mass is 32.1. The molecule has 2 unspecified atom stereocenters. The minimum Gasteiger partial charge on any atom is -0.464 e. The highest BCUT2D eigenvalue weighted by molar-refractivity contribution is 7.81. The van der Waals surface area contributed by atoms with Crippen LogP contribution in [0.5, 0.6) is 0 Å². The van der Waals surface area contributed by atoms with Crippen LogP contribution in [0.15, 0.2) is 0 Å². The highest BCUT2D eigenvalue weighted by Crippen LogP contribution is 2.22. The van der Waals surface area contributed by atoms with E-state index >= 15 is 0 Å². The van der Waals surface area contributed by atoms with Crippen LogP contribution in [0, 0.1) is 10.8 Å². The molecule has 26 heavy (non-hydrogen) atoms. The van der Waals surface area contributed by atoms with Crippen LogP contribution in [0.1, 0.15) is 6.92 Å². The standard InChI is InChI=1S/C15H28O9S2/c1-11(26)13(21)24-10-15(6-19,9-23-12(20)2-25)8-22-7-14(3-16,4-17)5-18/h11,16-19,25-26H,2-10H2,1H3. The van der Waals surface area contributed by atoms with Crippen LogP contribution in [0.3, 0.4) is 0 Å². The van der Waals surface area contributed by atoms with Gasteiger partial charge < -0.3 is 34.6 Å². The van der Waals surface area contributed by atoms with Crippen molar-refractivity contribution in [3.8, 4) is 0 Å². The molecule has 0 aliphatic heterocycles. The first-order valence-electron chi connectivity index (χ1n) is 7.86. The third-order valence-corrected chi connectivity index (χ3v) is 4.16. The fourth-order valence-corrected chi connectivity index (χ4v) is 1.82. The molecule has 0 fully saturated rings. The minimum atomic E-state index is -1.26. The molecule has 11 heteroatoms. The first-order chi connectivity index (χ1) is 12.2. The van der Waals surface area contributed by atoms with Gasteiger partial charge in [-0.1, -0.05) is 0 Å². The molecule has 0 rings (SSSR count). The highest BCUT2D eigenvalue weighted by Gasteiger charge is 2.36. The molecule has 0 bridgehead atoms. The lowest BCUT2D eigenvalue weighted by Gasteiger charge is -2.33. The second-order valence-corrected chi connectivity index (χ2v) is 7.32. The molecule has 0 aromatic heterocycles.